The fourth-order valence-electron chi connectivity index (χ4n) is 1.40. The van der Waals surface area contributed by atoms with E-state index in [-0.39, 0.29) is 23.8 Å². The minimum absolute atomic E-state index is 0.157. The molecule has 6 heteroatoms. The summed E-state index contributed by atoms with van der Waals surface area (Å²) < 4.78 is 13.6. The molecule has 0 aromatic heterocycles. The molecule has 17 heavy (non-hydrogen) atoms. The molecule has 0 radical (unpaired) electrons. The molecule has 0 saturated heterocycles. The zero-order chi connectivity index (χ0) is 13.0. The number of nitriles is 1. The lowest BCUT2D eigenvalue weighted by Crippen LogP contribution is -2.29. The maximum atomic E-state index is 13.6. The monoisotopic (exact) mass is 237 g/mol. The van der Waals surface area contributed by atoms with Gasteiger partial charge in [0.25, 0.3) is 5.69 Å². The van der Waals surface area contributed by atoms with Crippen molar-refractivity contribution in [1.82, 2.24) is 0 Å². The maximum absolute atomic E-state index is 13.6. The van der Waals surface area contributed by atoms with Gasteiger partial charge in [-0.1, -0.05) is 0 Å². The lowest BCUT2D eigenvalue weighted by atomic mass is 10.2. The largest absolute Gasteiger partial charge is 0.368 e. The predicted molar refractivity (Wildman–Crippen MR) is 61.1 cm³/mol. The Morgan fingerprint density at radius 1 is 1.65 bits per heavy atom. The van der Waals surface area contributed by atoms with E-state index in [1.165, 1.54) is 12.1 Å². The summed E-state index contributed by atoms with van der Waals surface area (Å²) in [6.45, 7) is 1.78. The molecule has 1 rings (SSSR count). The van der Waals surface area contributed by atoms with E-state index in [2.05, 4.69) is 0 Å². The molecule has 0 aliphatic rings. The van der Waals surface area contributed by atoms with Crippen molar-refractivity contribution in [2.45, 2.75) is 19.4 Å². The number of anilines is 1. The Bertz CT molecular complexity index is 470. The molecule has 5 nitrogen and oxygen atoms in total. The molecule has 0 amide bonds. The van der Waals surface area contributed by atoms with Crippen LogP contribution in [0.2, 0.25) is 0 Å². The molecule has 0 spiro atoms. The first-order chi connectivity index (χ1) is 7.97. The highest BCUT2D eigenvalue weighted by Gasteiger charge is 2.16. The third-order valence-electron chi connectivity index (χ3n) is 2.57. The molecule has 1 atom stereocenters. The van der Waals surface area contributed by atoms with Gasteiger partial charge in [0.15, 0.2) is 5.82 Å². The minimum atomic E-state index is -0.661. The lowest BCUT2D eigenvalue weighted by molar-refractivity contribution is -0.385. The van der Waals surface area contributed by atoms with Gasteiger partial charge in [0.1, 0.15) is 0 Å². The molecule has 0 N–H and O–H groups in total. The molecular weight excluding hydrogens is 225 g/mol. The lowest BCUT2D eigenvalue weighted by Gasteiger charge is -2.25. The summed E-state index contributed by atoms with van der Waals surface area (Å²) in [7, 11) is 1.65. The van der Waals surface area contributed by atoms with Crippen LogP contribution in [0.1, 0.15) is 13.3 Å². The molecule has 1 aromatic rings. The summed E-state index contributed by atoms with van der Waals surface area (Å²) >= 11 is 0. The quantitative estimate of drug-likeness (QED) is 0.595. The molecule has 1 aromatic carbocycles. The Morgan fingerprint density at radius 3 is 2.76 bits per heavy atom. The first-order valence-corrected chi connectivity index (χ1v) is 5.01. The van der Waals surface area contributed by atoms with Crippen LogP contribution in [0.5, 0.6) is 0 Å². The fraction of sp³-hybridized carbons (Fsp3) is 0.364. The molecule has 90 valence electrons. The second kappa shape index (κ2) is 5.25. The van der Waals surface area contributed by atoms with Crippen molar-refractivity contribution in [3.8, 4) is 6.07 Å². The third-order valence-corrected chi connectivity index (χ3v) is 2.57. The standard InChI is InChI=1S/C11H12FN3O2/c1-8(5-6-13)14(2)11-4-3-9(15(16)17)7-10(11)12/h3-4,7-8H,5H2,1-2H3. The number of nitro benzene ring substituents is 1. The highest BCUT2D eigenvalue weighted by Crippen LogP contribution is 2.24. The molecule has 0 saturated carbocycles. The third kappa shape index (κ3) is 2.91. The van der Waals surface area contributed by atoms with Gasteiger partial charge < -0.3 is 4.90 Å². The number of hydrogen-bond acceptors (Lipinski definition) is 4. The Hall–Kier alpha value is -2.16. The molecule has 0 aliphatic carbocycles. The summed E-state index contributed by atoms with van der Waals surface area (Å²) in [5.41, 5.74) is -0.0362. The SMILES string of the molecule is CC(CC#N)N(C)c1ccc([N+](=O)[O-])cc1F. The highest BCUT2D eigenvalue weighted by atomic mass is 19.1. The van der Waals surface area contributed by atoms with Gasteiger partial charge in [-0.25, -0.2) is 4.39 Å². The molecule has 0 heterocycles. The van der Waals surface area contributed by atoms with Gasteiger partial charge in [-0.15, -0.1) is 0 Å². The van der Waals surface area contributed by atoms with Crippen molar-refractivity contribution in [1.29, 1.82) is 5.26 Å². The minimum Gasteiger partial charge on any atom is -0.368 e. The Morgan fingerprint density at radius 2 is 2.29 bits per heavy atom. The van der Waals surface area contributed by atoms with Gasteiger partial charge in [-0.2, -0.15) is 5.26 Å². The van der Waals surface area contributed by atoms with E-state index in [9.17, 15) is 14.5 Å². The first kappa shape index (κ1) is 12.9. The number of non-ortho nitro benzene ring substituents is 1. The molecule has 0 aliphatic heterocycles. The van der Waals surface area contributed by atoms with Gasteiger partial charge in [-0.05, 0) is 13.0 Å². The zero-order valence-corrected chi connectivity index (χ0v) is 9.55. The van der Waals surface area contributed by atoms with Crippen LogP contribution in [-0.2, 0) is 0 Å². The number of hydrogen-bond donors (Lipinski definition) is 0. The van der Waals surface area contributed by atoms with Crippen molar-refractivity contribution in [3.05, 3.63) is 34.1 Å². The van der Waals surface area contributed by atoms with E-state index in [0.717, 1.165) is 6.07 Å². The number of benzene rings is 1. The van der Waals surface area contributed by atoms with Crippen LogP contribution in [0, 0.1) is 27.3 Å². The number of rotatable bonds is 4. The average Bonchev–Trinajstić information content (AvgIpc) is 2.28. The summed E-state index contributed by atoms with van der Waals surface area (Å²) in [5.74, 6) is -0.661. The van der Waals surface area contributed by atoms with Gasteiger partial charge >= 0.3 is 0 Å². The summed E-state index contributed by atoms with van der Waals surface area (Å²) in [6.07, 6.45) is 0.257. The van der Waals surface area contributed by atoms with Crippen molar-refractivity contribution in [2.24, 2.45) is 0 Å². The van der Waals surface area contributed by atoms with Crippen molar-refractivity contribution < 1.29 is 9.31 Å². The Labute approximate surface area is 98.2 Å². The topological polar surface area (TPSA) is 70.2 Å². The molecular formula is C11H12FN3O2. The second-order valence-corrected chi connectivity index (χ2v) is 3.71. The van der Waals surface area contributed by atoms with Gasteiger partial charge in [0, 0.05) is 19.2 Å². The normalized spacial score (nSPS) is 11.6. The summed E-state index contributed by atoms with van der Waals surface area (Å²) in [6, 6.07) is 5.31. The second-order valence-electron chi connectivity index (χ2n) is 3.71. The number of halogens is 1. The van der Waals surface area contributed by atoms with Crippen molar-refractivity contribution >= 4 is 11.4 Å². The van der Waals surface area contributed by atoms with Gasteiger partial charge in [0.05, 0.1) is 29.2 Å². The maximum Gasteiger partial charge on any atom is 0.272 e. The van der Waals surface area contributed by atoms with Gasteiger partial charge in [-0.3, -0.25) is 10.1 Å². The number of nitro groups is 1. The van der Waals surface area contributed by atoms with E-state index >= 15 is 0 Å². The highest BCUT2D eigenvalue weighted by molar-refractivity contribution is 5.52. The first-order valence-electron chi connectivity index (χ1n) is 5.01. The molecule has 0 bridgehead atoms. The van der Waals surface area contributed by atoms with Crippen LogP contribution in [0.25, 0.3) is 0 Å². The van der Waals surface area contributed by atoms with Crippen LogP contribution in [0.15, 0.2) is 18.2 Å². The molecule has 1 unspecified atom stereocenters. The van der Waals surface area contributed by atoms with Crippen LogP contribution < -0.4 is 4.90 Å². The Kier molecular flexibility index (Phi) is 3.99. The van der Waals surface area contributed by atoms with Crippen molar-refractivity contribution in [3.63, 3.8) is 0 Å². The van der Waals surface area contributed by atoms with Crippen molar-refractivity contribution in [2.75, 3.05) is 11.9 Å². The Balaban J connectivity index is 3.00. The van der Waals surface area contributed by atoms with Gasteiger partial charge in [0.2, 0.25) is 0 Å². The van der Waals surface area contributed by atoms with E-state index < -0.39 is 10.7 Å². The van der Waals surface area contributed by atoms with Crippen LogP contribution in [-0.4, -0.2) is 18.0 Å². The van der Waals surface area contributed by atoms with Crippen LogP contribution in [0.3, 0.4) is 0 Å². The fourth-order valence-corrected chi connectivity index (χ4v) is 1.40. The summed E-state index contributed by atoms with van der Waals surface area (Å²) in [4.78, 5) is 11.4. The number of nitrogens with zero attached hydrogens (tertiary/aromatic N) is 3. The van der Waals surface area contributed by atoms with Crippen LogP contribution in [0.4, 0.5) is 15.8 Å². The van der Waals surface area contributed by atoms with E-state index in [4.69, 9.17) is 5.26 Å². The van der Waals surface area contributed by atoms with Crippen LogP contribution >= 0.6 is 0 Å². The summed E-state index contributed by atoms with van der Waals surface area (Å²) in [5, 5.41) is 19.0. The van der Waals surface area contributed by atoms with E-state index in [0.29, 0.717) is 0 Å². The van der Waals surface area contributed by atoms with E-state index in [1.54, 1.807) is 18.9 Å². The predicted octanol–water partition coefficient (Wildman–Crippen LogP) is 2.47. The smallest absolute Gasteiger partial charge is 0.272 e. The van der Waals surface area contributed by atoms with E-state index in [1.807, 2.05) is 6.07 Å². The average molecular weight is 237 g/mol. The molecule has 0 fully saturated rings. The zero-order valence-electron chi connectivity index (χ0n) is 9.55.